The van der Waals surface area contributed by atoms with Crippen molar-refractivity contribution in [2.24, 2.45) is 11.3 Å². The molecular formula is C22H27N5O5. The molecule has 170 valence electrons. The Morgan fingerprint density at radius 2 is 2.16 bits per heavy atom. The van der Waals surface area contributed by atoms with E-state index in [4.69, 9.17) is 9.26 Å². The smallest absolute Gasteiger partial charge is 0.327 e. The zero-order chi connectivity index (χ0) is 23.1. The molecule has 2 aromatic heterocycles. The van der Waals surface area contributed by atoms with E-state index in [1.54, 1.807) is 31.5 Å². The van der Waals surface area contributed by atoms with Crippen molar-refractivity contribution in [2.75, 3.05) is 6.54 Å². The van der Waals surface area contributed by atoms with Crippen LogP contribution in [0.3, 0.4) is 0 Å². The molecule has 32 heavy (non-hydrogen) atoms. The predicted molar refractivity (Wildman–Crippen MR) is 112 cm³/mol. The lowest BCUT2D eigenvalue weighted by Crippen LogP contribution is -2.54. The summed E-state index contributed by atoms with van der Waals surface area (Å²) >= 11 is 0. The maximum absolute atomic E-state index is 13.2. The fraction of sp³-hybridized carbons (Fsp3) is 0.545. The summed E-state index contributed by atoms with van der Waals surface area (Å²) in [5.74, 6) is -0.401. The maximum Gasteiger partial charge on any atom is 0.327 e. The number of nitrogens with zero attached hydrogens (tertiary/aromatic N) is 4. The summed E-state index contributed by atoms with van der Waals surface area (Å²) in [6, 6.07) is 2.95. The quantitative estimate of drug-likeness (QED) is 0.554. The third-order valence-electron chi connectivity index (χ3n) is 5.93. The van der Waals surface area contributed by atoms with Crippen molar-refractivity contribution >= 4 is 17.9 Å². The highest BCUT2D eigenvalue weighted by atomic mass is 16.6. The topological polar surface area (TPSA) is 128 Å². The number of urea groups is 1. The summed E-state index contributed by atoms with van der Waals surface area (Å²) in [5.41, 5.74) is -0.388. The minimum atomic E-state index is -0.963. The highest BCUT2D eigenvalue weighted by molar-refractivity contribution is 6.08. The van der Waals surface area contributed by atoms with Gasteiger partial charge in [0.1, 0.15) is 12.1 Å². The number of rotatable bonds is 5. The molecule has 4 rings (SSSR count). The number of imide groups is 1. The molecule has 10 nitrogen and oxygen atoms in total. The lowest BCUT2D eigenvalue weighted by molar-refractivity contribution is -0.153. The summed E-state index contributed by atoms with van der Waals surface area (Å²) in [4.78, 5) is 47.4. The molecule has 2 aromatic rings. The molecular weight excluding hydrogens is 414 g/mol. The monoisotopic (exact) mass is 441 g/mol. The van der Waals surface area contributed by atoms with Crippen LogP contribution in [0.1, 0.15) is 59.0 Å². The average Bonchev–Trinajstić information content (AvgIpc) is 3.27. The van der Waals surface area contributed by atoms with E-state index < -0.39 is 30.2 Å². The first-order valence-electron chi connectivity index (χ1n) is 10.7. The number of carbonyl (C=O) groups excluding carboxylic acids is 3. The number of hydrogen-bond donors (Lipinski definition) is 1. The Morgan fingerprint density at radius 3 is 2.84 bits per heavy atom. The summed E-state index contributed by atoms with van der Waals surface area (Å²) in [6.07, 6.45) is 4.44. The van der Waals surface area contributed by atoms with Crippen LogP contribution >= 0.6 is 0 Å². The van der Waals surface area contributed by atoms with Crippen molar-refractivity contribution in [1.82, 2.24) is 25.3 Å². The van der Waals surface area contributed by atoms with Crippen LogP contribution in [0.5, 0.6) is 0 Å². The number of amides is 3. The van der Waals surface area contributed by atoms with Crippen LogP contribution in [0.4, 0.5) is 4.79 Å². The van der Waals surface area contributed by atoms with E-state index in [0.717, 1.165) is 11.3 Å². The van der Waals surface area contributed by atoms with Crippen molar-refractivity contribution in [1.29, 1.82) is 0 Å². The molecule has 3 unspecified atom stereocenters. The van der Waals surface area contributed by atoms with Gasteiger partial charge in [0, 0.05) is 18.0 Å². The first kappa shape index (κ1) is 21.9. The lowest BCUT2D eigenvalue weighted by atomic mass is 9.64. The molecule has 1 spiro atoms. The normalized spacial score (nSPS) is 25.6. The SMILES string of the molecule is CC1CC(C)(C)CC2(C1)NC(=O)N(CC(=O)OC(C)c1nc(-c3cccnc3)no1)C2=O. The number of pyridine rings is 1. The van der Waals surface area contributed by atoms with Crippen LogP contribution in [0.25, 0.3) is 11.4 Å². The molecule has 1 saturated heterocycles. The van der Waals surface area contributed by atoms with E-state index >= 15 is 0 Å². The van der Waals surface area contributed by atoms with E-state index in [9.17, 15) is 14.4 Å². The van der Waals surface area contributed by atoms with Crippen molar-refractivity contribution in [3.63, 3.8) is 0 Å². The number of carbonyl (C=O) groups is 3. The van der Waals surface area contributed by atoms with Gasteiger partial charge in [-0.25, -0.2) is 4.79 Å². The standard InChI is InChI=1S/C22H27N5O5/c1-13-8-21(3,4)12-22(9-13)19(29)27(20(30)25-22)11-16(28)31-14(2)18-24-17(26-32-18)15-6-5-7-23-10-15/h5-7,10,13-14H,8-9,11-12H2,1-4H3,(H,25,30). The first-order chi connectivity index (χ1) is 15.1. The molecule has 0 bridgehead atoms. The zero-order valence-electron chi connectivity index (χ0n) is 18.6. The Hall–Kier alpha value is -3.30. The zero-order valence-corrected chi connectivity index (χ0v) is 18.6. The molecule has 10 heteroatoms. The summed E-state index contributed by atoms with van der Waals surface area (Å²) in [6.45, 7) is 7.36. The van der Waals surface area contributed by atoms with Gasteiger partial charge in [0.05, 0.1) is 0 Å². The largest absolute Gasteiger partial charge is 0.451 e. The van der Waals surface area contributed by atoms with Gasteiger partial charge in [-0.15, -0.1) is 0 Å². The third-order valence-corrected chi connectivity index (χ3v) is 5.93. The molecule has 1 aliphatic heterocycles. The molecule has 3 atom stereocenters. The van der Waals surface area contributed by atoms with Gasteiger partial charge in [0.2, 0.25) is 5.82 Å². The van der Waals surface area contributed by atoms with Crippen LogP contribution in [0.15, 0.2) is 29.0 Å². The summed E-state index contributed by atoms with van der Waals surface area (Å²) in [7, 11) is 0. The Kier molecular flexibility index (Phi) is 5.47. The predicted octanol–water partition coefficient (Wildman–Crippen LogP) is 2.87. The molecule has 2 aliphatic rings. The van der Waals surface area contributed by atoms with Crippen LogP contribution in [-0.4, -0.2) is 50.0 Å². The van der Waals surface area contributed by atoms with Gasteiger partial charge in [-0.05, 0) is 49.7 Å². The van der Waals surface area contributed by atoms with Crippen LogP contribution < -0.4 is 5.32 Å². The average molecular weight is 441 g/mol. The van der Waals surface area contributed by atoms with Gasteiger partial charge in [0.25, 0.3) is 11.8 Å². The van der Waals surface area contributed by atoms with Crippen LogP contribution in [0.2, 0.25) is 0 Å². The van der Waals surface area contributed by atoms with Crippen molar-refractivity contribution in [3.05, 3.63) is 30.4 Å². The van der Waals surface area contributed by atoms with Gasteiger partial charge in [-0.2, -0.15) is 4.98 Å². The van der Waals surface area contributed by atoms with Gasteiger partial charge in [-0.1, -0.05) is 25.9 Å². The summed E-state index contributed by atoms with van der Waals surface area (Å²) in [5, 5.41) is 6.72. The number of hydrogen-bond acceptors (Lipinski definition) is 8. The second-order valence-corrected chi connectivity index (χ2v) is 9.59. The van der Waals surface area contributed by atoms with Crippen LogP contribution in [0, 0.1) is 11.3 Å². The molecule has 3 heterocycles. The Balaban J connectivity index is 1.40. The number of aromatic nitrogens is 3. The second kappa shape index (κ2) is 7.99. The van der Waals surface area contributed by atoms with Crippen LogP contribution in [-0.2, 0) is 14.3 Å². The molecule has 2 fully saturated rings. The molecule has 0 aromatic carbocycles. The van der Waals surface area contributed by atoms with Gasteiger partial charge in [-0.3, -0.25) is 19.5 Å². The van der Waals surface area contributed by atoms with E-state index in [2.05, 4.69) is 41.2 Å². The van der Waals surface area contributed by atoms with Crippen molar-refractivity contribution in [2.45, 2.75) is 58.6 Å². The fourth-order valence-electron chi connectivity index (χ4n) is 5.08. The lowest BCUT2D eigenvalue weighted by Gasteiger charge is -2.43. The van der Waals surface area contributed by atoms with Crippen molar-refractivity contribution < 1.29 is 23.6 Å². The Morgan fingerprint density at radius 1 is 1.38 bits per heavy atom. The molecule has 1 aliphatic carbocycles. The fourth-order valence-corrected chi connectivity index (χ4v) is 5.08. The van der Waals surface area contributed by atoms with Gasteiger partial charge in [0.15, 0.2) is 6.10 Å². The molecule has 3 amide bonds. The second-order valence-electron chi connectivity index (χ2n) is 9.59. The summed E-state index contributed by atoms with van der Waals surface area (Å²) < 4.78 is 10.6. The third kappa shape index (κ3) is 4.21. The minimum absolute atomic E-state index is 0.0877. The van der Waals surface area contributed by atoms with E-state index in [1.165, 1.54) is 0 Å². The van der Waals surface area contributed by atoms with E-state index in [1.807, 2.05) is 0 Å². The molecule has 1 N–H and O–H groups in total. The highest BCUT2D eigenvalue weighted by Crippen LogP contribution is 2.46. The minimum Gasteiger partial charge on any atom is -0.451 e. The van der Waals surface area contributed by atoms with Gasteiger partial charge < -0.3 is 14.6 Å². The number of ether oxygens (including phenoxy) is 1. The maximum atomic E-state index is 13.2. The van der Waals surface area contributed by atoms with Gasteiger partial charge >= 0.3 is 12.0 Å². The van der Waals surface area contributed by atoms with Crippen molar-refractivity contribution in [3.8, 4) is 11.4 Å². The Bertz CT molecular complexity index is 1040. The number of esters is 1. The number of nitrogens with one attached hydrogen (secondary N) is 1. The Labute approximate surface area is 185 Å². The first-order valence-corrected chi connectivity index (χ1v) is 10.7. The molecule has 0 radical (unpaired) electrons. The van der Waals surface area contributed by atoms with E-state index in [0.29, 0.717) is 24.2 Å². The highest BCUT2D eigenvalue weighted by Gasteiger charge is 2.56. The van der Waals surface area contributed by atoms with E-state index in [-0.39, 0.29) is 23.1 Å². The molecule has 1 saturated carbocycles.